The highest BCUT2D eigenvalue weighted by molar-refractivity contribution is 6.30. The Morgan fingerprint density at radius 2 is 1.80 bits per heavy atom. The van der Waals surface area contributed by atoms with E-state index in [1.807, 2.05) is 30.5 Å². The maximum atomic E-state index is 5.98. The molecule has 2 aromatic heterocycles. The molecule has 0 aliphatic carbocycles. The Balaban J connectivity index is 2.36. The fraction of sp³-hybridized carbons (Fsp3) is 0.235. The molecule has 2 nitrogen and oxygen atoms in total. The molecule has 1 aromatic carbocycles. The van der Waals surface area contributed by atoms with E-state index in [4.69, 9.17) is 11.6 Å². The number of aryl methyl sites for hydroxylation is 2. The average molecular weight is 285 g/mol. The molecule has 3 heteroatoms. The summed E-state index contributed by atoms with van der Waals surface area (Å²) in [5.41, 5.74) is 5.99. The first-order valence-electron chi connectivity index (χ1n) is 6.83. The Hall–Kier alpha value is -1.80. The van der Waals surface area contributed by atoms with E-state index in [0.29, 0.717) is 0 Å². The maximum Gasteiger partial charge on any atom is 0.0944 e. The SMILES string of the molecule is CCn1c(C)c(C)c2ccnc(-c3ccc(Cl)cc3)c21. The normalized spacial score (nSPS) is 11.2. The molecule has 0 fully saturated rings. The van der Waals surface area contributed by atoms with Gasteiger partial charge in [0.25, 0.3) is 0 Å². The molecular weight excluding hydrogens is 268 g/mol. The number of fused-ring (bicyclic) bond motifs is 1. The predicted octanol–water partition coefficient (Wildman–Crippen LogP) is 4.99. The third-order valence-corrected chi connectivity index (χ3v) is 4.23. The fourth-order valence-electron chi connectivity index (χ4n) is 2.81. The van der Waals surface area contributed by atoms with Gasteiger partial charge in [-0.2, -0.15) is 0 Å². The highest BCUT2D eigenvalue weighted by atomic mass is 35.5. The molecule has 3 rings (SSSR count). The summed E-state index contributed by atoms with van der Waals surface area (Å²) in [6, 6.07) is 9.99. The van der Waals surface area contributed by atoms with Crippen LogP contribution in [-0.2, 0) is 6.54 Å². The highest BCUT2D eigenvalue weighted by Crippen LogP contribution is 2.32. The number of hydrogen-bond donors (Lipinski definition) is 0. The van der Waals surface area contributed by atoms with Crippen LogP contribution in [0.4, 0.5) is 0 Å². The number of pyridine rings is 1. The third-order valence-electron chi connectivity index (χ3n) is 3.98. The Morgan fingerprint density at radius 1 is 1.10 bits per heavy atom. The summed E-state index contributed by atoms with van der Waals surface area (Å²) in [7, 11) is 0. The molecule has 0 saturated heterocycles. The van der Waals surface area contributed by atoms with Crippen molar-refractivity contribution in [1.82, 2.24) is 9.55 Å². The van der Waals surface area contributed by atoms with Gasteiger partial charge in [0.1, 0.15) is 0 Å². The summed E-state index contributed by atoms with van der Waals surface area (Å²) < 4.78 is 2.33. The number of hydrogen-bond acceptors (Lipinski definition) is 1. The third kappa shape index (κ3) is 1.92. The highest BCUT2D eigenvalue weighted by Gasteiger charge is 2.15. The first-order chi connectivity index (χ1) is 9.63. The zero-order chi connectivity index (χ0) is 14.3. The Morgan fingerprint density at radius 3 is 2.45 bits per heavy atom. The van der Waals surface area contributed by atoms with Crippen LogP contribution < -0.4 is 0 Å². The second-order valence-corrected chi connectivity index (χ2v) is 5.45. The minimum Gasteiger partial charge on any atom is -0.343 e. The topological polar surface area (TPSA) is 17.8 Å². The summed E-state index contributed by atoms with van der Waals surface area (Å²) in [6.07, 6.45) is 1.89. The van der Waals surface area contributed by atoms with Crippen LogP contribution in [0.5, 0.6) is 0 Å². The molecule has 3 aromatic rings. The van der Waals surface area contributed by atoms with Gasteiger partial charge in [-0.3, -0.25) is 4.98 Å². The first kappa shape index (κ1) is 13.2. The van der Waals surface area contributed by atoms with Gasteiger partial charge in [-0.1, -0.05) is 23.7 Å². The minimum atomic E-state index is 0.749. The lowest BCUT2D eigenvalue weighted by molar-refractivity contribution is 0.765. The zero-order valence-electron chi connectivity index (χ0n) is 11.9. The smallest absolute Gasteiger partial charge is 0.0944 e. The molecule has 0 amide bonds. The van der Waals surface area contributed by atoms with Gasteiger partial charge in [-0.25, -0.2) is 0 Å². The quantitative estimate of drug-likeness (QED) is 0.648. The average Bonchev–Trinajstić information content (AvgIpc) is 2.72. The molecule has 0 aliphatic heterocycles. The van der Waals surface area contributed by atoms with Crippen molar-refractivity contribution >= 4 is 22.5 Å². The van der Waals surface area contributed by atoms with Gasteiger partial charge < -0.3 is 4.57 Å². The van der Waals surface area contributed by atoms with Gasteiger partial charge in [-0.05, 0) is 44.5 Å². The van der Waals surface area contributed by atoms with E-state index in [1.54, 1.807) is 0 Å². The molecule has 20 heavy (non-hydrogen) atoms. The van der Waals surface area contributed by atoms with E-state index in [0.717, 1.165) is 22.8 Å². The second kappa shape index (κ2) is 4.95. The number of halogens is 1. The van der Waals surface area contributed by atoms with Gasteiger partial charge in [0, 0.05) is 34.4 Å². The Kier molecular flexibility index (Phi) is 3.27. The van der Waals surface area contributed by atoms with Gasteiger partial charge >= 0.3 is 0 Å². The van der Waals surface area contributed by atoms with Crippen molar-refractivity contribution in [2.75, 3.05) is 0 Å². The molecule has 0 bridgehead atoms. The van der Waals surface area contributed by atoms with Crippen LogP contribution in [-0.4, -0.2) is 9.55 Å². The molecule has 0 radical (unpaired) electrons. The number of aromatic nitrogens is 2. The van der Waals surface area contributed by atoms with E-state index >= 15 is 0 Å². The predicted molar refractivity (Wildman–Crippen MR) is 85.3 cm³/mol. The standard InChI is InChI=1S/C17H17ClN2/c1-4-20-12(3)11(2)15-9-10-19-16(17(15)20)13-5-7-14(18)8-6-13/h5-10H,4H2,1-3H3. The van der Waals surface area contributed by atoms with Crippen LogP contribution in [0.2, 0.25) is 5.02 Å². The molecule has 0 saturated carbocycles. The van der Waals surface area contributed by atoms with Crippen LogP contribution in [0.25, 0.3) is 22.2 Å². The van der Waals surface area contributed by atoms with E-state index < -0.39 is 0 Å². The van der Waals surface area contributed by atoms with Crippen LogP contribution in [0.1, 0.15) is 18.2 Å². The van der Waals surface area contributed by atoms with E-state index in [9.17, 15) is 0 Å². The van der Waals surface area contributed by atoms with Crippen LogP contribution >= 0.6 is 11.6 Å². The summed E-state index contributed by atoms with van der Waals surface area (Å²) in [6.45, 7) is 7.47. The molecule has 0 unspecified atom stereocenters. The van der Waals surface area contributed by atoms with Crippen molar-refractivity contribution in [2.45, 2.75) is 27.3 Å². The van der Waals surface area contributed by atoms with E-state index in [-0.39, 0.29) is 0 Å². The molecular formula is C17H17ClN2. The fourth-order valence-corrected chi connectivity index (χ4v) is 2.94. The minimum absolute atomic E-state index is 0.749. The van der Waals surface area contributed by atoms with Crippen molar-refractivity contribution in [1.29, 1.82) is 0 Å². The largest absolute Gasteiger partial charge is 0.343 e. The number of rotatable bonds is 2. The maximum absolute atomic E-state index is 5.98. The Labute approximate surface area is 124 Å². The summed E-state index contributed by atoms with van der Waals surface area (Å²) >= 11 is 5.98. The van der Waals surface area contributed by atoms with Gasteiger partial charge in [0.05, 0.1) is 11.2 Å². The van der Waals surface area contributed by atoms with E-state index in [2.05, 4.69) is 36.4 Å². The first-order valence-corrected chi connectivity index (χ1v) is 7.21. The van der Waals surface area contributed by atoms with Crippen molar-refractivity contribution in [2.24, 2.45) is 0 Å². The molecule has 2 heterocycles. The molecule has 0 spiro atoms. The van der Waals surface area contributed by atoms with Crippen molar-refractivity contribution < 1.29 is 0 Å². The summed E-state index contributed by atoms with van der Waals surface area (Å²) in [5, 5.41) is 2.03. The lowest BCUT2D eigenvalue weighted by Crippen LogP contribution is -1.98. The number of benzene rings is 1. The monoisotopic (exact) mass is 284 g/mol. The summed E-state index contributed by atoms with van der Waals surface area (Å²) in [5.74, 6) is 0. The van der Waals surface area contributed by atoms with Crippen LogP contribution in [0.15, 0.2) is 36.5 Å². The Bertz CT molecular complexity index is 770. The van der Waals surface area contributed by atoms with Gasteiger partial charge in [0.15, 0.2) is 0 Å². The molecule has 0 N–H and O–H groups in total. The summed E-state index contributed by atoms with van der Waals surface area (Å²) in [4.78, 5) is 4.61. The lowest BCUT2D eigenvalue weighted by atomic mass is 10.1. The second-order valence-electron chi connectivity index (χ2n) is 5.02. The van der Waals surface area contributed by atoms with Gasteiger partial charge in [0.2, 0.25) is 0 Å². The molecule has 102 valence electrons. The van der Waals surface area contributed by atoms with Crippen molar-refractivity contribution in [3.63, 3.8) is 0 Å². The van der Waals surface area contributed by atoms with Crippen LogP contribution in [0.3, 0.4) is 0 Å². The van der Waals surface area contributed by atoms with Crippen molar-refractivity contribution in [3.8, 4) is 11.3 Å². The van der Waals surface area contributed by atoms with Gasteiger partial charge in [-0.15, -0.1) is 0 Å². The molecule has 0 atom stereocenters. The zero-order valence-corrected chi connectivity index (χ0v) is 12.7. The van der Waals surface area contributed by atoms with Crippen LogP contribution in [0, 0.1) is 13.8 Å². The lowest BCUT2D eigenvalue weighted by Gasteiger charge is -2.09. The van der Waals surface area contributed by atoms with Crippen molar-refractivity contribution in [3.05, 3.63) is 52.8 Å². The number of nitrogens with zero attached hydrogens (tertiary/aromatic N) is 2. The molecule has 0 aliphatic rings. The van der Waals surface area contributed by atoms with E-state index in [1.165, 1.54) is 22.2 Å².